The lowest BCUT2D eigenvalue weighted by atomic mass is 9.80. The molecule has 1 aromatic heterocycles. The number of nitrogens with two attached hydrogens (primary N) is 1. The first-order valence-corrected chi connectivity index (χ1v) is 9.01. The Morgan fingerprint density at radius 3 is 2.52 bits per heavy atom. The zero-order chi connectivity index (χ0) is 16.6. The maximum absolute atomic E-state index is 12.1. The second-order valence-electron chi connectivity index (χ2n) is 5.98. The Balaban J connectivity index is 2.20. The van der Waals surface area contributed by atoms with Gasteiger partial charge in [-0.15, -0.1) is 5.10 Å². The zero-order valence-electron chi connectivity index (χ0n) is 12.7. The van der Waals surface area contributed by atoms with Crippen LogP contribution in [0, 0.1) is 6.92 Å². The van der Waals surface area contributed by atoms with Gasteiger partial charge >= 0.3 is 0 Å². The van der Waals surface area contributed by atoms with E-state index in [2.05, 4.69) is 20.6 Å². The molecule has 124 valence electrons. The molecule has 1 aliphatic carbocycles. The second kappa shape index (κ2) is 5.99. The van der Waals surface area contributed by atoms with Crippen LogP contribution in [0.4, 0.5) is 0 Å². The van der Waals surface area contributed by atoms with Crippen molar-refractivity contribution in [2.24, 2.45) is 5.14 Å². The van der Waals surface area contributed by atoms with E-state index >= 15 is 0 Å². The summed E-state index contributed by atoms with van der Waals surface area (Å²) >= 11 is 0. The van der Waals surface area contributed by atoms with Gasteiger partial charge in [-0.1, -0.05) is 12.1 Å². The highest BCUT2D eigenvalue weighted by Gasteiger charge is 2.29. The molecule has 0 radical (unpaired) electrons. The number of hydrogen-bond donors (Lipinski definition) is 3. The first kappa shape index (κ1) is 16.0. The maximum Gasteiger partial charge on any atom is 0.239 e. The largest absolute Gasteiger partial charge is 0.393 e. The number of aromatic nitrogens is 4. The molecule has 4 N–H and O–H groups in total. The molecule has 1 aliphatic rings. The van der Waals surface area contributed by atoms with Gasteiger partial charge < -0.3 is 5.11 Å². The molecular weight excluding hydrogens is 318 g/mol. The molecule has 3 rings (SSSR count). The predicted molar refractivity (Wildman–Crippen MR) is 82.9 cm³/mol. The fourth-order valence-electron chi connectivity index (χ4n) is 3.31. The van der Waals surface area contributed by atoms with Gasteiger partial charge in [0.05, 0.1) is 11.0 Å². The van der Waals surface area contributed by atoms with Crippen molar-refractivity contribution in [3.05, 3.63) is 23.3 Å². The van der Waals surface area contributed by atoms with Crippen LogP contribution in [0.5, 0.6) is 0 Å². The summed E-state index contributed by atoms with van der Waals surface area (Å²) in [6.45, 7) is 1.70. The highest BCUT2D eigenvalue weighted by molar-refractivity contribution is 7.89. The summed E-state index contributed by atoms with van der Waals surface area (Å²) in [6, 6.07) is 3.66. The molecule has 0 amide bonds. The zero-order valence-corrected chi connectivity index (χ0v) is 13.5. The molecule has 0 bridgehead atoms. The van der Waals surface area contributed by atoms with E-state index in [1.807, 2.05) is 6.07 Å². The van der Waals surface area contributed by atoms with E-state index in [1.165, 1.54) is 0 Å². The predicted octanol–water partition coefficient (Wildman–Crippen LogP) is 0.841. The Kier molecular flexibility index (Phi) is 4.17. The highest BCUT2D eigenvalue weighted by Crippen LogP contribution is 2.40. The molecule has 0 spiro atoms. The average molecular weight is 337 g/mol. The number of hydrogen-bond acceptors (Lipinski definition) is 6. The SMILES string of the molecule is Cc1ccc(C2CCC(O)CC2)c(-c2nnn[nH]2)c1S(N)(=O)=O. The highest BCUT2D eigenvalue weighted by atomic mass is 32.2. The van der Waals surface area contributed by atoms with Crippen molar-refractivity contribution in [2.75, 3.05) is 0 Å². The van der Waals surface area contributed by atoms with Gasteiger partial charge in [-0.3, -0.25) is 0 Å². The summed E-state index contributed by atoms with van der Waals surface area (Å²) < 4.78 is 24.2. The summed E-state index contributed by atoms with van der Waals surface area (Å²) in [6.07, 6.45) is 2.66. The molecule has 1 aromatic carbocycles. The number of nitrogens with zero attached hydrogens (tertiary/aromatic N) is 3. The van der Waals surface area contributed by atoms with Gasteiger partial charge in [-0.2, -0.15) is 0 Å². The van der Waals surface area contributed by atoms with Gasteiger partial charge in [-0.05, 0) is 60.1 Å². The van der Waals surface area contributed by atoms with E-state index in [1.54, 1.807) is 13.0 Å². The Morgan fingerprint density at radius 1 is 1.26 bits per heavy atom. The maximum atomic E-state index is 12.1. The van der Waals surface area contributed by atoms with E-state index in [4.69, 9.17) is 5.14 Å². The van der Waals surface area contributed by atoms with Gasteiger partial charge in [0.15, 0.2) is 5.82 Å². The summed E-state index contributed by atoms with van der Waals surface area (Å²) in [5.41, 5.74) is 1.85. The minimum atomic E-state index is -3.93. The number of aromatic amines is 1. The summed E-state index contributed by atoms with van der Waals surface area (Å²) in [7, 11) is -3.93. The Hall–Kier alpha value is -1.84. The molecule has 1 saturated carbocycles. The van der Waals surface area contributed by atoms with Crippen molar-refractivity contribution in [2.45, 2.75) is 49.5 Å². The number of benzene rings is 1. The smallest absolute Gasteiger partial charge is 0.239 e. The third-order valence-electron chi connectivity index (χ3n) is 4.39. The van der Waals surface area contributed by atoms with Crippen LogP contribution in [0.1, 0.15) is 42.7 Å². The van der Waals surface area contributed by atoms with Crippen LogP contribution in [0.2, 0.25) is 0 Å². The minimum Gasteiger partial charge on any atom is -0.393 e. The van der Waals surface area contributed by atoms with Gasteiger partial charge in [0.25, 0.3) is 0 Å². The van der Waals surface area contributed by atoms with Crippen molar-refractivity contribution in [1.29, 1.82) is 0 Å². The lowest BCUT2D eigenvalue weighted by molar-refractivity contribution is 0.122. The quantitative estimate of drug-likeness (QED) is 0.759. The molecule has 0 aliphatic heterocycles. The van der Waals surface area contributed by atoms with Crippen LogP contribution in [0.3, 0.4) is 0 Å². The normalized spacial score (nSPS) is 22.2. The molecule has 0 unspecified atom stereocenters. The van der Waals surface area contributed by atoms with Crippen molar-refractivity contribution in [3.63, 3.8) is 0 Å². The lowest BCUT2D eigenvalue weighted by Gasteiger charge is -2.28. The van der Waals surface area contributed by atoms with Gasteiger partial charge in [0.1, 0.15) is 0 Å². The molecule has 23 heavy (non-hydrogen) atoms. The van der Waals surface area contributed by atoms with E-state index < -0.39 is 10.0 Å². The lowest BCUT2D eigenvalue weighted by Crippen LogP contribution is -2.20. The summed E-state index contributed by atoms with van der Waals surface area (Å²) in [4.78, 5) is 0.0553. The minimum absolute atomic E-state index is 0.0553. The Labute approximate surface area is 134 Å². The molecule has 8 nitrogen and oxygen atoms in total. The molecule has 0 atom stereocenters. The van der Waals surface area contributed by atoms with E-state index in [0.29, 0.717) is 29.8 Å². The van der Waals surface area contributed by atoms with Gasteiger partial charge in [0.2, 0.25) is 10.0 Å². The molecule has 1 heterocycles. The van der Waals surface area contributed by atoms with Crippen LogP contribution in [0.25, 0.3) is 11.4 Å². The second-order valence-corrected chi connectivity index (χ2v) is 7.47. The van der Waals surface area contributed by atoms with E-state index in [-0.39, 0.29) is 16.9 Å². The monoisotopic (exact) mass is 337 g/mol. The fourth-order valence-corrected chi connectivity index (χ4v) is 4.32. The molecular formula is C14H19N5O3S. The number of nitrogens with one attached hydrogen (secondary N) is 1. The Morgan fingerprint density at radius 2 is 1.96 bits per heavy atom. The number of rotatable bonds is 3. The molecule has 1 fully saturated rings. The van der Waals surface area contributed by atoms with Gasteiger partial charge in [-0.25, -0.2) is 18.7 Å². The summed E-state index contributed by atoms with van der Waals surface area (Å²) in [5.74, 6) is 0.429. The summed E-state index contributed by atoms with van der Waals surface area (Å²) in [5, 5.41) is 28.8. The van der Waals surface area contributed by atoms with Crippen molar-refractivity contribution in [3.8, 4) is 11.4 Å². The number of sulfonamides is 1. The molecule has 9 heteroatoms. The standard InChI is InChI=1S/C14H19N5O3S/c1-8-2-7-11(9-3-5-10(20)6-4-9)12(13(8)23(15,21)22)14-16-18-19-17-14/h2,7,9-10,20H,3-6H2,1H3,(H2,15,21,22)(H,16,17,18,19). The van der Waals surface area contributed by atoms with E-state index in [0.717, 1.165) is 18.4 Å². The first-order valence-electron chi connectivity index (χ1n) is 7.46. The number of tetrazole rings is 1. The average Bonchev–Trinajstić information content (AvgIpc) is 3.00. The number of aliphatic hydroxyl groups is 1. The Bertz CT molecular complexity index is 796. The van der Waals surface area contributed by atoms with Gasteiger partial charge in [0, 0.05) is 5.56 Å². The first-order chi connectivity index (χ1) is 10.9. The third kappa shape index (κ3) is 3.12. The topological polar surface area (TPSA) is 135 Å². The number of aryl methyl sites for hydroxylation is 1. The number of aliphatic hydroxyl groups excluding tert-OH is 1. The van der Waals surface area contributed by atoms with E-state index in [9.17, 15) is 13.5 Å². The van der Waals surface area contributed by atoms with Crippen molar-refractivity contribution >= 4 is 10.0 Å². The number of H-pyrrole nitrogens is 1. The third-order valence-corrected chi connectivity index (χ3v) is 5.49. The molecule has 2 aromatic rings. The molecule has 0 saturated heterocycles. The number of primary sulfonamides is 1. The van der Waals surface area contributed by atoms with Crippen LogP contribution in [-0.2, 0) is 10.0 Å². The van der Waals surface area contributed by atoms with Crippen LogP contribution < -0.4 is 5.14 Å². The van der Waals surface area contributed by atoms with Crippen molar-refractivity contribution < 1.29 is 13.5 Å². The van der Waals surface area contributed by atoms with Crippen LogP contribution >= 0.6 is 0 Å². The fraction of sp³-hybridized carbons (Fsp3) is 0.500. The van der Waals surface area contributed by atoms with Crippen LogP contribution in [-0.4, -0.2) is 40.3 Å². The van der Waals surface area contributed by atoms with Crippen molar-refractivity contribution in [1.82, 2.24) is 20.6 Å². The van der Waals surface area contributed by atoms with Crippen LogP contribution in [0.15, 0.2) is 17.0 Å².